The molecule has 0 fully saturated rings. The van der Waals surface area contributed by atoms with Gasteiger partial charge >= 0.3 is 0 Å². The van der Waals surface area contributed by atoms with Gasteiger partial charge in [0, 0.05) is 23.5 Å². The highest BCUT2D eigenvalue weighted by atomic mass is 16.5. The minimum atomic E-state index is 0.515. The van der Waals surface area contributed by atoms with E-state index in [1.165, 1.54) is 5.56 Å². The van der Waals surface area contributed by atoms with Gasteiger partial charge in [-0.2, -0.15) is 4.98 Å². The van der Waals surface area contributed by atoms with Crippen molar-refractivity contribution in [3.63, 3.8) is 0 Å². The van der Waals surface area contributed by atoms with E-state index in [-0.39, 0.29) is 0 Å². The van der Waals surface area contributed by atoms with E-state index in [0.29, 0.717) is 17.6 Å². The van der Waals surface area contributed by atoms with E-state index in [1.54, 1.807) is 12.4 Å². The van der Waals surface area contributed by atoms with Crippen molar-refractivity contribution < 1.29 is 4.52 Å². The summed E-state index contributed by atoms with van der Waals surface area (Å²) in [7, 11) is 0. The summed E-state index contributed by atoms with van der Waals surface area (Å²) in [6.07, 6.45) is 4.47. The molecule has 0 aliphatic carbocycles. The quantitative estimate of drug-likeness (QED) is 0.724. The smallest absolute Gasteiger partial charge is 0.258 e. The molecule has 0 spiro atoms. The second kappa shape index (κ2) is 5.87. The summed E-state index contributed by atoms with van der Waals surface area (Å²) in [6.45, 7) is 4.42. The second-order valence-corrected chi connectivity index (χ2v) is 5.46. The first kappa shape index (κ1) is 13.5. The molecular formula is C17H17N3O. The largest absolute Gasteiger partial charge is 0.334 e. The lowest BCUT2D eigenvalue weighted by molar-refractivity contribution is 0.432. The molecule has 106 valence electrons. The van der Waals surface area contributed by atoms with Crippen LogP contribution in [0.3, 0.4) is 0 Å². The van der Waals surface area contributed by atoms with Crippen molar-refractivity contribution >= 4 is 0 Å². The summed E-state index contributed by atoms with van der Waals surface area (Å²) in [4.78, 5) is 8.45. The van der Waals surface area contributed by atoms with Gasteiger partial charge in [0.25, 0.3) is 5.89 Å². The summed E-state index contributed by atoms with van der Waals surface area (Å²) in [6, 6.07) is 12.0. The molecule has 0 saturated heterocycles. The molecule has 21 heavy (non-hydrogen) atoms. The van der Waals surface area contributed by atoms with Gasteiger partial charge in [-0.1, -0.05) is 37.2 Å². The van der Waals surface area contributed by atoms with E-state index in [2.05, 4.69) is 41.1 Å². The van der Waals surface area contributed by atoms with Gasteiger partial charge in [-0.15, -0.1) is 0 Å². The third-order valence-electron chi connectivity index (χ3n) is 3.18. The zero-order valence-electron chi connectivity index (χ0n) is 12.2. The predicted molar refractivity (Wildman–Crippen MR) is 81.5 cm³/mol. The summed E-state index contributed by atoms with van der Waals surface area (Å²) >= 11 is 0. The molecule has 4 nitrogen and oxygen atoms in total. The first-order chi connectivity index (χ1) is 10.2. The highest BCUT2D eigenvalue weighted by Gasteiger charge is 2.11. The molecule has 0 bridgehead atoms. The Bertz CT molecular complexity index is 720. The molecule has 0 N–H and O–H groups in total. The maximum absolute atomic E-state index is 5.34. The van der Waals surface area contributed by atoms with Crippen LogP contribution >= 0.6 is 0 Å². The molecule has 0 atom stereocenters. The zero-order valence-corrected chi connectivity index (χ0v) is 12.2. The van der Waals surface area contributed by atoms with Gasteiger partial charge in [-0.05, 0) is 36.1 Å². The van der Waals surface area contributed by atoms with Gasteiger partial charge in [0.2, 0.25) is 5.82 Å². The van der Waals surface area contributed by atoms with Gasteiger partial charge < -0.3 is 4.52 Å². The van der Waals surface area contributed by atoms with Crippen LogP contribution in [0.25, 0.3) is 22.8 Å². The van der Waals surface area contributed by atoms with E-state index in [4.69, 9.17) is 4.52 Å². The molecule has 0 amide bonds. The molecule has 0 saturated carbocycles. The molecule has 3 aromatic rings. The van der Waals surface area contributed by atoms with Crippen molar-refractivity contribution in [2.24, 2.45) is 5.92 Å². The van der Waals surface area contributed by atoms with Crippen LogP contribution in [0.15, 0.2) is 53.3 Å². The van der Waals surface area contributed by atoms with Crippen molar-refractivity contribution in [3.8, 4) is 22.8 Å². The first-order valence-electron chi connectivity index (χ1n) is 7.06. The fourth-order valence-electron chi connectivity index (χ4n) is 2.26. The van der Waals surface area contributed by atoms with Crippen LogP contribution in [0.4, 0.5) is 0 Å². The summed E-state index contributed by atoms with van der Waals surface area (Å²) in [5.74, 6) is 1.76. The summed E-state index contributed by atoms with van der Waals surface area (Å²) in [5, 5.41) is 4.08. The van der Waals surface area contributed by atoms with E-state index < -0.39 is 0 Å². The Labute approximate surface area is 123 Å². The lowest BCUT2D eigenvalue weighted by Gasteiger charge is -2.05. The highest BCUT2D eigenvalue weighted by Crippen LogP contribution is 2.23. The Balaban J connectivity index is 1.90. The fourth-order valence-corrected chi connectivity index (χ4v) is 2.26. The van der Waals surface area contributed by atoms with Gasteiger partial charge in [0.15, 0.2) is 0 Å². The molecule has 0 aliphatic heterocycles. The lowest BCUT2D eigenvalue weighted by Crippen LogP contribution is -1.94. The molecular weight excluding hydrogens is 262 g/mol. The number of nitrogens with zero attached hydrogens (tertiary/aromatic N) is 3. The van der Waals surface area contributed by atoms with Crippen molar-refractivity contribution in [2.45, 2.75) is 20.3 Å². The van der Waals surface area contributed by atoms with Crippen LogP contribution in [0.5, 0.6) is 0 Å². The molecule has 2 heterocycles. The zero-order chi connectivity index (χ0) is 14.7. The standard InChI is InChI=1S/C17H17N3O/c1-12(2)10-13-4-3-5-15(11-13)16-19-17(21-20-16)14-6-8-18-9-7-14/h3-9,11-12H,10H2,1-2H3. The maximum atomic E-state index is 5.34. The minimum absolute atomic E-state index is 0.515. The number of benzene rings is 1. The van der Waals surface area contributed by atoms with E-state index in [0.717, 1.165) is 17.5 Å². The number of pyridine rings is 1. The Morgan fingerprint density at radius 3 is 2.62 bits per heavy atom. The number of hydrogen-bond acceptors (Lipinski definition) is 4. The monoisotopic (exact) mass is 279 g/mol. The fraction of sp³-hybridized carbons (Fsp3) is 0.235. The van der Waals surface area contributed by atoms with E-state index >= 15 is 0 Å². The Morgan fingerprint density at radius 2 is 1.86 bits per heavy atom. The van der Waals surface area contributed by atoms with Crippen molar-refractivity contribution in [3.05, 3.63) is 54.4 Å². The van der Waals surface area contributed by atoms with Crippen LogP contribution in [0.2, 0.25) is 0 Å². The average Bonchev–Trinajstić information content (AvgIpc) is 2.98. The van der Waals surface area contributed by atoms with Crippen LogP contribution < -0.4 is 0 Å². The van der Waals surface area contributed by atoms with Gasteiger partial charge in [-0.25, -0.2) is 0 Å². The number of rotatable bonds is 4. The normalized spacial score (nSPS) is 11.0. The minimum Gasteiger partial charge on any atom is -0.334 e. The topological polar surface area (TPSA) is 51.8 Å². The second-order valence-electron chi connectivity index (χ2n) is 5.46. The SMILES string of the molecule is CC(C)Cc1cccc(-c2noc(-c3ccncc3)n2)c1. The van der Waals surface area contributed by atoms with E-state index in [9.17, 15) is 0 Å². The Morgan fingerprint density at radius 1 is 1.05 bits per heavy atom. The van der Waals surface area contributed by atoms with Crippen molar-refractivity contribution in [1.29, 1.82) is 0 Å². The third kappa shape index (κ3) is 3.16. The lowest BCUT2D eigenvalue weighted by atomic mass is 10.0. The first-order valence-corrected chi connectivity index (χ1v) is 7.06. The molecule has 0 aliphatic rings. The Kier molecular flexibility index (Phi) is 3.77. The van der Waals surface area contributed by atoms with Gasteiger partial charge in [-0.3, -0.25) is 4.98 Å². The number of hydrogen-bond donors (Lipinski definition) is 0. The molecule has 4 heteroatoms. The van der Waals surface area contributed by atoms with Crippen molar-refractivity contribution in [1.82, 2.24) is 15.1 Å². The third-order valence-corrected chi connectivity index (χ3v) is 3.18. The predicted octanol–water partition coefficient (Wildman–Crippen LogP) is 4.00. The van der Waals surface area contributed by atoms with Crippen LogP contribution in [0.1, 0.15) is 19.4 Å². The van der Waals surface area contributed by atoms with Gasteiger partial charge in [0.05, 0.1) is 0 Å². The number of aromatic nitrogens is 3. The summed E-state index contributed by atoms with van der Waals surface area (Å²) in [5.41, 5.74) is 3.15. The highest BCUT2D eigenvalue weighted by molar-refractivity contribution is 5.60. The molecule has 3 rings (SSSR count). The average molecular weight is 279 g/mol. The Hall–Kier alpha value is -2.49. The molecule has 1 aromatic carbocycles. The summed E-state index contributed by atoms with van der Waals surface area (Å²) < 4.78 is 5.34. The molecule has 2 aromatic heterocycles. The van der Waals surface area contributed by atoms with Gasteiger partial charge in [0.1, 0.15) is 0 Å². The molecule has 0 unspecified atom stereocenters. The van der Waals surface area contributed by atoms with Crippen LogP contribution in [0, 0.1) is 5.92 Å². The maximum Gasteiger partial charge on any atom is 0.258 e. The molecule has 0 radical (unpaired) electrons. The van der Waals surface area contributed by atoms with Crippen molar-refractivity contribution in [2.75, 3.05) is 0 Å². The van der Waals surface area contributed by atoms with Crippen LogP contribution in [-0.4, -0.2) is 15.1 Å². The van der Waals surface area contributed by atoms with E-state index in [1.807, 2.05) is 24.3 Å². The van der Waals surface area contributed by atoms with Crippen LogP contribution in [-0.2, 0) is 6.42 Å².